The lowest BCUT2D eigenvalue weighted by Gasteiger charge is -2.20. The van der Waals surface area contributed by atoms with E-state index < -0.39 is 17.9 Å². The van der Waals surface area contributed by atoms with Gasteiger partial charge in [0.1, 0.15) is 6.04 Å². The summed E-state index contributed by atoms with van der Waals surface area (Å²) in [5.41, 5.74) is 0. The van der Waals surface area contributed by atoms with E-state index in [1.165, 1.54) is 0 Å². The highest BCUT2D eigenvalue weighted by Gasteiger charge is 2.35. The highest BCUT2D eigenvalue weighted by atomic mass is 16.4. The van der Waals surface area contributed by atoms with Crippen LogP contribution in [-0.4, -0.2) is 72.5 Å². The van der Waals surface area contributed by atoms with Crippen molar-refractivity contribution in [1.82, 2.24) is 15.1 Å². The third kappa shape index (κ3) is 5.63. The van der Waals surface area contributed by atoms with Crippen LogP contribution in [0.15, 0.2) is 0 Å². The first kappa shape index (κ1) is 18.4. The SMILES string of the molecule is CC(C)C[C@@H](NC(=O)[C@H]1CC(=O)N(CCN(C)C)C1)C(=O)O. The molecule has 1 heterocycles. The molecule has 1 aliphatic rings. The molecular formula is C15H27N3O4. The van der Waals surface area contributed by atoms with Gasteiger partial charge >= 0.3 is 5.97 Å². The number of likely N-dealkylation sites (tertiary alicyclic amines) is 1. The van der Waals surface area contributed by atoms with Gasteiger partial charge in [-0.25, -0.2) is 4.79 Å². The fourth-order valence-corrected chi connectivity index (χ4v) is 2.47. The van der Waals surface area contributed by atoms with Crippen molar-refractivity contribution in [2.75, 3.05) is 33.7 Å². The Labute approximate surface area is 131 Å². The molecule has 0 aliphatic carbocycles. The second kappa shape index (κ2) is 8.12. The van der Waals surface area contributed by atoms with Crippen LogP contribution in [0.4, 0.5) is 0 Å². The van der Waals surface area contributed by atoms with E-state index in [1.54, 1.807) is 4.90 Å². The van der Waals surface area contributed by atoms with Gasteiger partial charge in [-0.05, 0) is 26.4 Å². The van der Waals surface area contributed by atoms with Gasteiger partial charge in [0, 0.05) is 26.1 Å². The first-order chi connectivity index (χ1) is 10.2. The molecular weight excluding hydrogens is 286 g/mol. The molecule has 2 N–H and O–H groups in total. The molecule has 7 heteroatoms. The van der Waals surface area contributed by atoms with Crippen molar-refractivity contribution in [2.24, 2.45) is 11.8 Å². The number of hydrogen-bond acceptors (Lipinski definition) is 4. The zero-order valence-corrected chi connectivity index (χ0v) is 13.8. The van der Waals surface area contributed by atoms with Gasteiger partial charge in [0.15, 0.2) is 0 Å². The minimum Gasteiger partial charge on any atom is -0.480 e. The Morgan fingerprint density at radius 3 is 2.55 bits per heavy atom. The molecule has 1 aliphatic heterocycles. The molecule has 1 saturated heterocycles. The molecule has 0 saturated carbocycles. The fourth-order valence-electron chi connectivity index (χ4n) is 2.47. The summed E-state index contributed by atoms with van der Waals surface area (Å²) in [6.45, 7) is 5.51. The molecule has 0 spiro atoms. The minimum atomic E-state index is -1.03. The van der Waals surface area contributed by atoms with Gasteiger partial charge < -0.3 is 20.2 Å². The van der Waals surface area contributed by atoms with Gasteiger partial charge in [0.25, 0.3) is 0 Å². The maximum absolute atomic E-state index is 12.2. The summed E-state index contributed by atoms with van der Waals surface area (Å²) >= 11 is 0. The van der Waals surface area contributed by atoms with Crippen molar-refractivity contribution >= 4 is 17.8 Å². The number of carbonyl (C=O) groups is 3. The summed E-state index contributed by atoms with van der Waals surface area (Å²) in [7, 11) is 3.85. The molecule has 0 radical (unpaired) electrons. The summed E-state index contributed by atoms with van der Waals surface area (Å²) in [5, 5.41) is 11.7. The van der Waals surface area contributed by atoms with E-state index in [2.05, 4.69) is 5.32 Å². The number of amides is 2. The Hall–Kier alpha value is -1.63. The van der Waals surface area contributed by atoms with Crippen LogP contribution < -0.4 is 5.32 Å². The average molecular weight is 313 g/mol. The molecule has 2 amide bonds. The van der Waals surface area contributed by atoms with Crippen LogP contribution in [0.2, 0.25) is 0 Å². The lowest BCUT2D eigenvalue weighted by Crippen LogP contribution is -2.45. The Bertz CT molecular complexity index is 423. The summed E-state index contributed by atoms with van der Waals surface area (Å²) in [4.78, 5) is 39.0. The van der Waals surface area contributed by atoms with E-state index in [0.717, 1.165) is 6.54 Å². The van der Waals surface area contributed by atoms with E-state index in [9.17, 15) is 14.4 Å². The standard InChI is InChI=1S/C15H27N3O4/c1-10(2)7-12(15(21)22)16-14(20)11-8-13(19)18(9-11)6-5-17(3)4/h10-12H,5-9H2,1-4H3,(H,16,20)(H,21,22)/t11-,12+/m0/s1. The normalized spacial score (nSPS) is 19.8. The zero-order chi connectivity index (χ0) is 16.9. The maximum atomic E-state index is 12.2. The van der Waals surface area contributed by atoms with Crippen LogP contribution in [0.25, 0.3) is 0 Å². The molecule has 7 nitrogen and oxygen atoms in total. The summed E-state index contributed by atoms with van der Waals surface area (Å²) < 4.78 is 0. The van der Waals surface area contributed by atoms with Gasteiger partial charge in [-0.3, -0.25) is 9.59 Å². The van der Waals surface area contributed by atoms with Crippen molar-refractivity contribution in [2.45, 2.75) is 32.7 Å². The Kier molecular flexibility index (Phi) is 6.80. The number of carboxylic acid groups (broad SMARTS) is 1. The molecule has 0 aromatic rings. The third-order valence-corrected chi connectivity index (χ3v) is 3.72. The molecule has 0 aromatic heterocycles. The molecule has 126 valence electrons. The number of aliphatic carboxylic acids is 1. The summed E-state index contributed by atoms with van der Waals surface area (Å²) in [6.07, 6.45) is 0.541. The molecule has 22 heavy (non-hydrogen) atoms. The second-order valence-corrected chi connectivity index (χ2v) is 6.57. The number of nitrogens with one attached hydrogen (secondary N) is 1. The van der Waals surface area contributed by atoms with Crippen LogP contribution in [0.1, 0.15) is 26.7 Å². The maximum Gasteiger partial charge on any atom is 0.326 e. The lowest BCUT2D eigenvalue weighted by atomic mass is 10.0. The summed E-state index contributed by atoms with van der Waals surface area (Å²) in [5.74, 6) is -1.70. The molecule has 2 atom stereocenters. The topological polar surface area (TPSA) is 90.0 Å². The lowest BCUT2D eigenvalue weighted by molar-refractivity contribution is -0.142. The number of likely N-dealkylation sites (N-methyl/N-ethyl adjacent to an activating group) is 1. The van der Waals surface area contributed by atoms with Crippen LogP contribution in [0.3, 0.4) is 0 Å². The van der Waals surface area contributed by atoms with E-state index in [0.29, 0.717) is 19.5 Å². The van der Waals surface area contributed by atoms with Crippen molar-refractivity contribution in [3.05, 3.63) is 0 Å². The van der Waals surface area contributed by atoms with Crippen molar-refractivity contribution in [1.29, 1.82) is 0 Å². The van der Waals surface area contributed by atoms with Gasteiger partial charge in [-0.1, -0.05) is 13.8 Å². The van der Waals surface area contributed by atoms with Gasteiger partial charge in [0.2, 0.25) is 11.8 Å². The fraction of sp³-hybridized carbons (Fsp3) is 0.800. The number of hydrogen-bond donors (Lipinski definition) is 2. The molecule has 1 rings (SSSR count). The predicted octanol–water partition coefficient (Wildman–Crippen LogP) is 0.0120. The monoisotopic (exact) mass is 313 g/mol. The van der Waals surface area contributed by atoms with E-state index in [-0.39, 0.29) is 24.2 Å². The number of nitrogens with zero attached hydrogens (tertiary/aromatic N) is 2. The second-order valence-electron chi connectivity index (χ2n) is 6.57. The number of rotatable bonds is 8. The minimum absolute atomic E-state index is 0.0438. The highest BCUT2D eigenvalue weighted by Crippen LogP contribution is 2.18. The third-order valence-electron chi connectivity index (χ3n) is 3.72. The number of carboxylic acids is 1. The van der Waals surface area contributed by atoms with Gasteiger partial charge in [-0.15, -0.1) is 0 Å². The van der Waals surface area contributed by atoms with Crippen LogP contribution in [0, 0.1) is 11.8 Å². The molecule has 0 unspecified atom stereocenters. The first-order valence-electron chi connectivity index (χ1n) is 7.66. The van der Waals surface area contributed by atoms with Crippen LogP contribution in [-0.2, 0) is 14.4 Å². The van der Waals surface area contributed by atoms with E-state index in [4.69, 9.17) is 5.11 Å². The molecule has 0 aromatic carbocycles. The van der Waals surface area contributed by atoms with E-state index >= 15 is 0 Å². The van der Waals surface area contributed by atoms with Crippen LogP contribution in [0.5, 0.6) is 0 Å². The molecule has 1 fully saturated rings. The van der Waals surface area contributed by atoms with E-state index in [1.807, 2.05) is 32.8 Å². The van der Waals surface area contributed by atoms with Crippen LogP contribution >= 0.6 is 0 Å². The first-order valence-corrected chi connectivity index (χ1v) is 7.66. The average Bonchev–Trinajstić information content (AvgIpc) is 2.76. The Balaban J connectivity index is 2.55. The van der Waals surface area contributed by atoms with Crippen molar-refractivity contribution in [3.63, 3.8) is 0 Å². The zero-order valence-electron chi connectivity index (χ0n) is 13.8. The van der Waals surface area contributed by atoms with Gasteiger partial charge in [-0.2, -0.15) is 0 Å². The van der Waals surface area contributed by atoms with Crippen molar-refractivity contribution in [3.8, 4) is 0 Å². The Morgan fingerprint density at radius 2 is 2.05 bits per heavy atom. The smallest absolute Gasteiger partial charge is 0.326 e. The van der Waals surface area contributed by atoms with Gasteiger partial charge in [0.05, 0.1) is 5.92 Å². The largest absolute Gasteiger partial charge is 0.480 e. The Morgan fingerprint density at radius 1 is 1.41 bits per heavy atom. The predicted molar refractivity (Wildman–Crippen MR) is 82.3 cm³/mol. The highest BCUT2D eigenvalue weighted by molar-refractivity contribution is 5.91. The summed E-state index contributed by atoms with van der Waals surface area (Å²) in [6, 6.07) is -0.890. The molecule has 0 bridgehead atoms. The van der Waals surface area contributed by atoms with Crippen molar-refractivity contribution < 1.29 is 19.5 Å². The number of carbonyl (C=O) groups excluding carboxylic acids is 2. The quantitative estimate of drug-likeness (QED) is 0.659.